The number of ether oxygens (including phenoxy) is 1. The summed E-state index contributed by atoms with van der Waals surface area (Å²) in [5.41, 5.74) is 5.80. The molecule has 5 heteroatoms. The lowest BCUT2D eigenvalue weighted by atomic mass is 10.1. The summed E-state index contributed by atoms with van der Waals surface area (Å²) < 4.78 is 5.20. The van der Waals surface area contributed by atoms with Gasteiger partial charge in [-0.15, -0.1) is 0 Å². The number of nitrogens with zero attached hydrogens (tertiary/aromatic N) is 2. The van der Waals surface area contributed by atoms with Crippen molar-refractivity contribution in [2.24, 2.45) is 0 Å². The largest absolute Gasteiger partial charge is 0.497 e. The van der Waals surface area contributed by atoms with Crippen LogP contribution in [0.2, 0.25) is 0 Å². The highest BCUT2D eigenvalue weighted by atomic mass is 16.5. The monoisotopic (exact) mass is 376 g/mol. The molecule has 0 saturated heterocycles. The zero-order valence-corrected chi connectivity index (χ0v) is 17.0. The zero-order valence-electron chi connectivity index (χ0n) is 17.0. The van der Waals surface area contributed by atoms with E-state index in [1.54, 1.807) is 7.11 Å². The van der Waals surface area contributed by atoms with Crippen LogP contribution in [0.1, 0.15) is 29.3 Å². The molecule has 0 aliphatic rings. The second-order valence-electron chi connectivity index (χ2n) is 6.83. The van der Waals surface area contributed by atoms with Gasteiger partial charge in [0.1, 0.15) is 11.6 Å². The van der Waals surface area contributed by atoms with Crippen LogP contribution in [0, 0.1) is 13.8 Å². The van der Waals surface area contributed by atoms with Crippen molar-refractivity contribution in [3.63, 3.8) is 0 Å². The number of benzene rings is 2. The van der Waals surface area contributed by atoms with Gasteiger partial charge in [-0.05, 0) is 55.5 Å². The van der Waals surface area contributed by atoms with Gasteiger partial charge in [-0.3, -0.25) is 0 Å². The van der Waals surface area contributed by atoms with Gasteiger partial charge in [0.25, 0.3) is 0 Å². The number of para-hydroxylation sites is 1. The van der Waals surface area contributed by atoms with Crippen molar-refractivity contribution < 1.29 is 4.74 Å². The van der Waals surface area contributed by atoms with E-state index in [0.29, 0.717) is 5.95 Å². The van der Waals surface area contributed by atoms with Crippen LogP contribution in [0.5, 0.6) is 5.75 Å². The number of methoxy groups -OCH3 is 1. The third-order valence-electron chi connectivity index (χ3n) is 4.70. The Balaban J connectivity index is 1.68. The van der Waals surface area contributed by atoms with Crippen molar-refractivity contribution in [3.05, 3.63) is 70.9 Å². The predicted molar refractivity (Wildman–Crippen MR) is 116 cm³/mol. The van der Waals surface area contributed by atoms with E-state index in [1.807, 2.05) is 25.1 Å². The Hall–Kier alpha value is -3.08. The summed E-state index contributed by atoms with van der Waals surface area (Å²) in [6.07, 6.45) is 1.86. The van der Waals surface area contributed by atoms with Crippen LogP contribution in [0.4, 0.5) is 17.5 Å². The number of anilines is 3. The molecule has 1 heterocycles. The second-order valence-corrected chi connectivity index (χ2v) is 6.83. The molecule has 0 fully saturated rings. The number of aromatic nitrogens is 2. The molecule has 0 bridgehead atoms. The smallest absolute Gasteiger partial charge is 0.224 e. The first-order valence-corrected chi connectivity index (χ1v) is 9.67. The second kappa shape index (κ2) is 9.22. The first-order chi connectivity index (χ1) is 13.6. The van der Waals surface area contributed by atoms with Gasteiger partial charge in [0, 0.05) is 24.0 Å². The van der Waals surface area contributed by atoms with Crippen molar-refractivity contribution in [1.29, 1.82) is 0 Å². The lowest BCUT2D eigenvalue weighted by Crippen LogP contribution is -2.10. The summed E-state index contributed by atoms with van der Waals surface area (Å²) >= 11 is 0. The summed E-state index contributed by atoms with van der Waals surface area (Å²) in [5, 5.41) is 6.83. The maximum absolute atomic E-state index is 5.20. The molecule has 0 saturated carbocycles. The highest BCUT2D eigenvalue weighted by molar-refractivity contribution is 5.65. The Morgan fingerprint density at radius 3 is 2.50 bits per heavy atom. The molecule has 0 atom stereocenters. The van der Waals surface area contributed by atoms with Gasteiger partial charge in [0.2, 0.25) is 5.95 Å². The number of hydrogen-bond acceptors (Lipinski definition) is 5. The Kier molecular flexibility index (Phi) is 6.48. The average Bonchev–Trinajstić information content (AvgIpc) is 2.69. The number of hydrogen-bond donors (Lipinski definition) is 2. The molecular weight excluding hydrogens is 348 g/mol. The summed E-state index contributed by atoms with van der Waals surface area (Å²) in [7, 11) is 1.68. The van der Waals surface area contributed by atoms with Gasteiger partial charge >= 0.3 is 0 Å². The lowest BCUT2D eigenvalue weighted by Gasteiger charge is -2.15. The van der Waals surface area contributed by atoms with Crippen LogP contribution in [0.15, 0.2) is 48.5 Å². The minimum absolute atomic E-state index is 0.641. The van der Waals surface area contributed by atoms with E-state index in [0.717, 1.165) is 42.3 Å². The number of rotatable bonds is 8. The molecule has 5 nitrogen and oxygen atoms in total. The summed E-state index contributed by atoms with van der Waals surface area (Å²) in [6, 6.07) is 16.4. The quantitative estimate of drug-likeness (QED) is 0.575. The highest BCUT2D eigenvalue weighted by Crippen LogP contribution is 2.25. The van der Waals surface area contributed by atoms with Crippen LogP contribution >= 0.6 is 0 Å². The fourth-order valence-corrected chi connectivity index (χ4v) is 3.15. The lowest BCUT2D eigenvalue weighted by molar-refractivity contribution is 0.414. The molecule has 0 aliphatic carbocycles. The first-order valence-electron chi connectivity index (χ1n) is 9.67. The summed E-state index contributed by atoms with van der Waals surface area (Å²) in [5.74, 6) is 2.32. The van der Waals surface area contributed by atoms with E-state index in [4.69, 9.17) is 4.74 Å². The van der Waals surface area contributed by atoms with E-state index in [1.165, 1.54) is 16.7 Å². The summed E-state index contributed by atoms with van der Waals surface area (Å²) in [4.78, 5) is 9.17. The molecule has 3 rings (SSSR count). The SMILES string of the molecule is CCc1cccc(C)c1Nc1cc(C)nc(NCCc2ccc(OC)cc2)n1. The van der Waals surface area contributed by atoms with Crippen molar-refractivity contribution in [2.45, 2.75) is 33.6 Å². The van der Waals surface area contributed by atoms with Crippen molar-refractivity contribution in [3.8, 4) is 5.75 Å². The molecule has 0 unspecified atom stereocenters. The Morgan fingerprint density at radius 2 is 1.79 bits per heavy atom. The Labute approximate surface area is 167 Å². The standard InChI is InChI=1S/C23H28N4O/c1-5-19-8-6-7-16(2)22(19)26-21-15-17(3)25-23(27-21)24-14-13-18-9-11-20(28-4)12-10-18/h6-12,15H,5,13-14H2,1-4H3,(H2,24,25,26,27). The van der Waals surface area contributed by atoms with Gasteiger partial charge < -0.3 is 15.4 Å². The number of nitrogens with one attached hydrogen (secondary N) is 2. The third kappa shape index (κ3) is 5.00. The summed E-state index contributed by atoms with van der Waals surface area (Å²) in [6.45, 7) is 7.03. The van der Waals surface area contributed by atoms with Crippen LogP contribution in [0.3, 0.4) is 0 Å². The fourth-order valence-electron chi connectivity index (χ4n) is 3.15. The molecule has 2 N–H and O–H groups in total. The normalized spacial score (nSPS) is 10.6. The molecule has 0 aliphatic heterocycles. The van der Waals surface area contributed by atoms with E-state index in [-0.39, 0.29) is 0 Å². The third-order valence-corrected chi connectivity index (χ3v) is 4.70. The first kappa shape index (κ1) is 19.7. The minimum Gasteiger partial charge on any atom is -0.497 e. The Morgan fingerprint density at radius 1 is 1.00 bits per heavy atom. The van der Waals surface area contributed by atoms with Gasteiger partial charge in [0.05, 0.1) is 7.11 Å². The average molecular weight is 377 g/mol. The zero-order chi connectivity index (χ0) is 19.9. The topological polar surface area (TPSA) is 59.1 Å². The minimum atomic E-state index is 0.641. The molecule has 0 amide bonds. The van der Waals surface area contributed by atoms with Crippen LogP contribution in [-0.4, -0.2) is 23.6 Å². The van der Waals surface area contributed by atoms with E-state index in [9.17, 15) is 0 Å². The molecule has 2 aromatic carbocycles. The molecule has 0 spiro atoms. The van der Waals surface area contributed by atoms with Crippen LogP contribution < -0.4 is 15.4 Å². The highest BCUT2D eigenvalue weighted by Gasteiger charge is 2.08. The Bertz CT molecular complexity index is 922. The van der Waals surface area contributed by atoms with E-state index in [2.05, 4.69) is 64.8 Å². The predicted octanol–water partition coefficient (Wildman–Crippen LogP) is 5.06. The van der Waals surface area contributed by atoms with Gasteiger partial charge in [-0.25, -0.2) is 4.98 Å². The molecule has 3 aromatic rings. The van der Waals surface area contributed by atoms with E-state index < -0.39 is 0 Å². The fraction of sp³-hybridized carbons (Fsp3) is 0.304. The van der Waals surface area contributed by atoms with Crippen molar-refractivity contribution in [2.75, 3.05) is 24.3 Å². The van der Waals surface area contributed by atoms with Crippen molar-refractivity contribution in [1.82, 2.24) is 9.97 Å². The maximum atomic E-state index is 5.20. The molecule has 28 heavy (non-hydrogen) atoms. The van der Waals surface area contributed by atoms with E-state index >= 15 is 0 Å². The van der Waals surface area contributed by atoms with Gasteiger partial charge in [-0.1, -0.05) is 37.3 Å². The maximum Gasteiger partial charge on any atom is 0.224 e. The van der Waals surface area contributed by atoms with Crippen LogP contribution in [0.25, 0.3) is 0 Å². The molecule has 0 radical (unpaired) electrons. The number of aryl methyl sites for hydroxylation is 3. The molecule has 1 aromatic heterocycles. The molecule has 146 valence electrons. The van der Waals surface area contributed by atoms with Crippen LogP contribution in [-0.2, 0) is 12.8 Å². The van der Waals surface area contributed by atoms with Crippen molar-refractivity contribution >= 4 is 17.5 Å². The van der Waals surface area contributed by atoms with Gasteiger partial charge in [0.15, 0.2) is 0 Å². The molecular formula is C23H28N4O. The van der Waals surface area contributed by atoms with Gasteiger partial charge in [-0.2, -0.15) is 4.98 Å².